The van der Waals surface area contributed by atoms with E-state index in [1.165, 1.54) is 0 Å². The van der Waals surface area contributed by atoms with E-state index in [1.54, 1.807) is 30.5 Å². The van der Waals surface area contributed by atoms with E-state index >= 15 is 0 Å². The van der Waals surface area contributed by atoms with Crippen LogP contribution >= 0.6 is 11.3 Å². The van der Waals surface area contributed by atoms with Crippen LogP contribution in [-0.4, -0.2) is 57.0 Å². The first-order valence-corrected chi connectivity index (χ1v) is 10.8. The highest BCUT2D eigenvalue weighted by molar-refractivity contribution is 7.09. The van der Waals surface area contributed by atoms with Crippen LogP contribution in [0, 0.1) is 0 Å². The van der Waals surface area contributed by atoms with Gasteiger partial charge < -0.3 is 25.0 Å². The number of rotatable bonds is 11. The molecule has 33 heavy (non-hydrogen) atoms. The first-order chi connectivity index (χ1) is 15.8. The van der Waals surface area contributed by atoms with Crippen LogP contribution in [0.15, 0.2) is 53.5 Å². The minimum absolute atomic E-state index is 0.181. The number of hydrogen-bond acceptors (Lipinski definition) is 8. The molecule has 0 amide bonds. The lowest BCUT2D eigenvalue weighted by Crippen LogP contribution is -2.28. The third-order valence-electron chi connectivity index (χ3n) is 4.87. The fourth-order valence-corrected chi connectivity index (χ4v) is 4.10. The fourth-order valence-electron chi connectivity index (χ4n) is 3.15. The van der Waals surface area contributed by atoms with Gasteiger partial charge in [-0.1, -0.05) is 29.5 Å². The summed E-state index contributed by atoms with van der Waals surface area (Å²) >= 11 is 0.686. The topological polar surface area (TPSA) is 142 Å². The molecule has 1 aromatic carbocycles. The predicted molar refractivity (Wildman–Crippen MR) is 121 cm³/mol. The number of aromatic nitrogens is 2. The molecule has 0 spiro atoms. The van der Waals surface area contributed by atoms with Crippen molar-refractivity contribution >= 4 is 29.1 Å². The Morgan fingerprint density at radius 1 is 1.18 bits per heavy atom. The number of pyridine rings is 1. The van der Waals surface area contributed by atoms with E-state index in [1.807, 2.05) is 30.1 Å². The highest BCUT2D eigenvalue weighted by Crippen LogP contribution is 2.28. The average Bonchev–Trinajstić information content (AvgIpc) is 3.06. The quantitative estimate of drug-likeness (QED) is 0.382. The van der Waals surface area contributed by atoms with E-state index in [-0.39, 0.29) is 11.3 Å². The number of aliphatic carboxylic acids is 2. The van der Waals surface area contributed by atoms with Gasteiger partial charge in [0.25, 0.3) is 0 Å². The van der Waals surface area contributed by atoms with E-state index in [0.717, 1.165) is 11.4 Å². The van der Waals surface area contributed by atoms with E-state index in [2.05, 4.69) is 4.98 Å². The zero-order valence-corrected chi connectivity index (χ0v) is 18.6. The molecule has 0 saturated carbocycles. The third-order valence-corrected chi connectivity index (χ3v) is 5.82. The summed E-state index contributed by atoms with van der Waals surface area (Å²) in [6, 6.07) is 11.1. The Kier molecular flexibility index (Phi) is 7.67. The smallest absolute Gasteiger partial charge is 0.327 e. The van der Waals surface area contributed by atoms with Crippen molar-refractivity contribution in [3.8, 4) is 11.6 Å². The first-order valence-electron chi connectivity index (χ1n) is 9.98. The number of hydrogen-bond donors (Lipinski definition) is 3. The lowest BCUT2D eigenvalue weighted by Gasteiger charge is -2.18. The van der Waals surface area contributed by atoms with Gasteiger partial charge in [0, 0.05) is 19.7 Å². The summed E-state index contributed by atoms with van der Waals surface area (Å²) in [5, 5.41) is 28.6. The molecule has 1 atom stereocenters. The van der Waals surface area contributed by atoms with Crippen molar-refractivity contribution in [3.63, 3.8) is 0 Å². The van der Waals surface area contributed by atoms with Gasteiger partial charge in [0.1, 0.15) is 24.2 Å². The Labute approximate surface area is 192 Å². The van der Waals surface area contributed by atoms with Crippen LogP contribution in [0.1, 0.15) is 22.9 Å². The van der Waals surface area contributed by atoms with Gasteiger partial charge in [-0.3, -0.25) is 14.2 Å². The van der Waals surface area contributed by atoms with Gasteiger partial charge in [0.05, 0.1) is 17.8 Å². The highest BCUT2D eigenvalue weighted by Gasteiger charge is 2.29. The minimum Gasteiger partial charge on any atom is -0.494 e. The van der Waals surface area contributed by atoms with Gasteiger partial charge in [-0.2, -0.15) is 0 Å². The number of benzene rings is 1. The monoisotopic (exact) mass is 473 g/mol. The maximum atomic E-state index is 12.2. The lowest BCUT2D eigenvalue weighted by molar-refractivity contribution is -0.147. The van der Waals surface area contributed by atoms with Gasteiger partial charge in [-0.15, -0.1) is 0 Å². The number of thiazole rings is 1. The van der Waals surface area contributed by atoms with E-state index in [0.29, 0.717) is 34.8 Å². The highest BCUT2D eigenvalue weighted by atomic mass is 32.1. The first kappa shape index (κ1) is 23.8. The Morgan fingerprint density at radius 2 is 1.91 bits per heavy atom. The molecule has 10 nitrogen and oxygen atoms in total. The number of anilines is 1. The molecule has 0 fully saturated rings. The molecule has 11 heteroatoms. The van der Waals surface area contributed by atoms with E-state index < -0.39 is 35.2 Å². The summed E-state index contributed by atoms with van der Waals surface area (Å²) in [4.78, 5) is 40.4. The molecule has 0 radical (unpaired) electrons. The minimum atomic E-state index is -1.68. The molecular formula is C22H23N3O7S. The Hall–Kier alpha value is -3.86. The van der Waals surface area contributed by atoms with Crippen molar-refractivity contribution in [1.29, 1.82) is 0 Å². The summed E-state index contributed by atoms with van der Waals surface area (Å²) in [5.74, 6) is -1.93. The van der Waals surface area contributed by atoms with Gasteiger partial charge in [0.15, 0.2) is 0 Å². The SMILES string of the molecule is CN(CCOc1ccc(Cc2sc(=O)n(C(CC(=O)O)C(=O)O)c2O)cc1)c1ccccn1. The molecule has 2 heterocycles. The standard InChI is InChI=1S/C22H23N3O7S/c1-24(18-4-2-3-9-23-18)10-11-32-15-7-5-14(6-8-15)12-17-20(28)25(22(31)33-17)16(21(29)30)13-19(26)27/h2-9,16,28H,10-13H2,1H3,(H,26,27)(H,29,30). The summed E-state index contributed by atoms with van der Waals surface area (Å²) in [7, 11) is 1.92. The van der Waals surface area contributed by atoms with Crippen molar-refractivity contribution in [3.05, 3.63) is 68.8 Å². The number of nitrogens with zero attached hydrogens (tertiary/aromatic N) is 3. The van der Waals surface area contributed by atoms with Crippen molar-refractivity contribution in [2.75, 3.05) is 25.1 Å². The molecule has 3 rings (SSSR count). The van der Waals surface area contributed by atoms with Gasteiger partial charge in [0.2, 0.25) is 5.88 Å². The summed E-state index contributed by atoms with van der Waals surface area (Å²) in [6.07, 6.45) is 1.09. The van der Waals surface area contributed by atoms with Crippen LogP contribution in [0.3, 0.4) is 0 Å². The third kappa shape index (κ3) is 6.10. The Morgan fingerprint density at radius 3 is 2.52 bits per heavy atom. The zero-order chi connectivity index (χ0) is 24.0. The molecule has 0 saturated heterocycles. The van der Waals surface area contributed by atoms with Crippen LogP contribution in [0.4, 0.5) is 5.82 Å². The maximum Gasteiger partial charge on any atom is 0.327 e. The fraction of sp³-hybridized carbons (Fsp3) is 0.273. The number of ether oxygens (including phenoxy) is 1. The molecular weight excluding hydrogens is 450 g/mol. The molecule has 1 unspecified atom stereocenters. The van der Waals surface area contributed by atoms with Gasteiger partial charge >= 0.3 is 16.8 Å². The Bertz CT molecular complexity index is 1160. The largest absolute Gasteiger partial charge is 0.494 e. The van der Waals surface area contributed by atoms with Crippen LogP contribution in [-0.2, 0) is 16.0 Å². The summed E-state index contributed by atoms with van der Waals surface area (Å²) < 4.78 is 6.37. The molecule has 3 N–H and O–H groups in total. The van der Waals surface area contributed by atoms with Gasteiger partial charge in [-0.05, 0) is 29.8 Å². The number of carboxylic acid groups (broad SMARTS) is 2. The van der Waals surface area contributed by atoms with Crippen molar-refractivity contribution in [2.24, 2.45) is 0 Å². The number of carboxylic acids is 2. The summed E-state index contributed by atoms with van der Waals surface area (Å²) in [6.45, 7) is 1.08. The summed E-state index contributed by atoms with van der Waals surface area (Å²) in [5.41, 5.74) is 0.766. The van der Waals surface area contributed by atoms with Crippen LogP contribution in [0.5, 0.6) is 11.6 Å². The average molecular weight is 474 g/mol. The predicted octanol–water partition coefficient (Wildman–Crippen LogP) is 2.22. The van der Waals surface area contributed by atoms with Crippen LogP contribution in [0.25, 0.3) is 0 Å². The number of aromatic hydroxyl groups is 1. The van der Waals surface area contributed by atoms with Crippen molar-refractivity contribution in [1.82, 2.24) is 9.55 Å². The number of likely N-dealkylation sites (N-methyl/N-ethyl adjacent to an activating group) is 1. The molecule has 0 bridgehead atoms. The molecule has 0 aliphatic heterocycles. The number of carbonyl (C=O) groups is 2. The Balaban J connectivity index is 1.62. The second-order valence-electron chi connectivity index (χ2n) is 7.22. The van der Waals surface area contributed by atoms with Crippen LogP contribution in [0.2, 0.25) is 0 Å². The molecule has 174 valence electrons. The molecule has 3 aromatic rings. The van der Waals surface area contributed by atoms with E-state index in [4.69, 9.17) is 9.84 Å². The lowest BCUT2D eigenvalue weighted by atomic mass is 10.1. The maximum absolute atomic E-state index is 12.2. The normalized spacial score (nSPS) is 11.7. The van der Waals surface area contributed by atoms with Crippen molar-refractivity contribution < 1.29 is 29.6 Å². The van der Waals surface area contributed by atoms with Crippen molar-refractivity contribution in [2.45, 2.75) is 18.9 Å². The second-order valence-corrected chi connectivity index (χ2v) is 8.26. The van der Waals surface area contributed by atoms with E-state index in [9.17, 15) is 24.6 Å². The van der Waals surface area contributed by atoms with Gasteiger partial charge in [-0.25, -0.2) is 9.78 Å². The second kappa shape index (κ2) is 10.6. The zero-order valence-electron chi connectivity index (χ0n) is 17.7. The molecule has 0 aliphatic rings. The van der Waals surface area contributed by atoms with Crippen LogP contribution < -0.4 is 14.5 Å². The molecule has 0 aliphatic carbocycles. The molecule has 2 aromatic heterocycles.